The van der Waals surface area contributed by atoms with Gasteiger partial charge in [0.15, 0.2) is 17.3 Å². The van der Waals surface area contributed by atoms with E-state index in [0.29, 0.717) is 47.9 Å². The van der Waals surface area contributed by atoms with Crippen LogP contribution in [-0.4, -0.2) is 24.9 Å². The molecule has 3 rings (SSSR count). The lowest BCUT2D eigenvalue weighted by Crippen LogP contribution is -2.19. The molecule has 0 spiro atoms. The van der Waals surface area contributed by atoms with Crippen molar-refractivity contribution in [1.82, 2.24) is 0 Å². The van der Waals surface area contributed by atoms with Gasteiger partial charge in [0.25, 0.3) is 5.91 Å². The summed E-state index contributed by atoms with van der Waals surface area (Å²) in [7, 11) is 0. The maximum absolute atomic E-state index is 12.5. The van der Waals surface area contributed by atoms with Crippen molar-refractivity contribution in [3.05, 3.63) is 53.1 Å². The average Bonchev–Trinajstić information content (AvgIpc) is 2.61. The van der Waals surface area contributed by atoms with Gasteiger partial charge in [0.1, 0.15) is 13.2 Å². The van der Waals surface area contributed by atoms with Crippen LogP contribution in [0, 0.1) is 6.92 Å². The second-order valence-electron chi connectivity index (χ2n) is 6.03. The largest absolute Gasteiger partial charge is 0.486 e. The molecule has 0 radical (unpaired) electrons. The second kappa shape index (κ2) is 7.38. The highest BCUT2D eigenvalue weighted by Gasteiger charge is 2.21. The van der Waals surface area contributed by atoms with Crippen LogP contribution in [0.5, 0.6) is 11.5 Å². The molecule has 1 N–H and O–H groups in total. The number of aryl methyl sites for hydroxylation is 1. The summed E-state index contributed by atoms with van der Waals surface area (Å²) in [6, 6.07) is 10.6. The third-order valence-corrected chi connectivity index (χ3v) is 4.02. The zero-order valence-corrected chi connectivity index (χ0v) is 14.4. The Kier molecular flexibility index (Phi) is 5.03. The lowest BCUT2D eigenvalue weighted by Gasteiger charge is -2.21. The number of rotatable bonds is 5. The van der Waals surface area contributed by atoms with Gasteiger partial charge in [-0.15, -0.1) is 0 Å². The zero-order chi connectivity index (χ0) is 17.8. The van der Waals surface area contributed by atoms with Crippen molar-refractivity contribution in [1.29, 1.82) is 0 Å². The Morgan fingerprint density at radius 3 is 2.32 bits per heavy atom. The Morgan fingerprint density at radius 2 is 1.68 bits per heavy atom. The van der Waals surface area contributed by atoms with Gasteiger partial charge in [-0.25, -0.2) is 0 Å². The van der Waals surface area contributed by atoms with Crippen molar-refractivity contribution < 1.29 is 19.1 Å². The normalized spacial score (nSPS) is 12.6. The van der Waals surface area contributed by atoms with Crippen LogP contribution in [0.4, 0.5) is 5.69 Å². The van der Waals surface area contributed by atoms with Crippen molar-refractivity contribution >= 4 is 17.4 Å². The number of carbonyl (C=O) groups excluding carboxylic acids is 2. The van der Waals surface area contributed by atoms with E-state index in [9.17, 15) is 9.59 Å². The van der Waals surface area contributed by atoms with E-state index in [1.54, 1.807) is 24.3 Å². The molecule has 0 saturated heterocycles. The van der Waals surface area contributed by atoms with E-state index in [1.807, 2.05) is 26.0 Å². The zero-order valence-electron chi connectivity index (χ0n) is 14.4. The van der Waals surface area contributed by atoms with Crippen LogP contribution < -0.4 is 14.8 Å². The predicted molar refractivity (Wildman–Crippen MR) is 95.8 cm³/mol. The molecule has 1 amide bonds. The molecular weight excluding hydrogens is 318 g/mol. The van der Waals surface area contributed by atoms with Crippen LogP contribution in [-0.2, 0) is 0 Å². The second-order valence-corrected chi connectivity index (χ2v) is 6.03. The number of ether oxygens (including phenoxy) is 2. The van der Waals surface area contributed by atoms with Gasteiger partial charge in [-0.05, 0) is 31.5 Å². The maximum Gasteiger partial charge on any atom is 0.255 e. The number of ketones is 1. The molecule has 0 aliphatic carbocycles. The third kappa shape index (κ3) is 3.82. The standard InChI is InChI=1S/C20H21NO4/c1-3-4-17(22)15-11-18-19(25-10-9-24-18)12-16(15)21-20(23)14-7-5-13(2)6-8-14/h5-8,11-12H,3-4,9-10H2,1-2H3,(H,21,23). The minimum Gasteiger partial charge on any atom is -0.486 e. The molecule has 2 aromatic rings. The van der Waals surface area contributed by atoms with E-state index in [-0.39, 0.29) is 11.7 Å². The van der Waals surface area contributed by atoms with Gasteiger partial charge in [-0.1, -0.05) is 24.6 Å². The summed E-state index contributed by atoms with van der Waals surface area (Å²) in [5.41, 5.74) is 2.52. The fourth-order valence-corrected chi connectivity index (χ4v) is 2.68. The number of hydrogen-bond donors (Lipinski definition) is 1. The minimum absolute atomic E-state index is 0.0290. The maximum atomic E-state index is 12.5. The molecule has 130 valence electrons. The smallest absolute Gasteiger partial charge is 0.255 e. The lowest BCUT2D eigenvalue weighted by molar-refractivity contribution is 0.0981. The number of nitrogens with one attached hydrogen (secondary N) is 1. The lowest BCUT2D eigenvalue weighted by atomic mass is 10.0. The molecule has 0 fully saturated rings. The SMILES string of the molecule is CCCC(=O)c1cc2c(cc1NC(=O)c1ccc(C)cc1)OCCO2. The summed E-state index contributed by atoms with van der Waals surface area (Å²) < 4.78 is 11.1. The van der Waals surface area contributed by atoms with Crippen LogP contribution in [0.2, 0.25) is 0 Å². The molecule has 0 bridgehead atoms. The molecule has 1 heterocycles. The first-order valence-corrected chi connectivity index (χ1v) is 8.43. The number of fused-ring (bicyclic) bond motifs is 1. The molecule has 1 aliphatic heterocycles. The summed E-state index contributed by atoms with van der Waals surface area (Å²) in [5, 5.41) is 2.84. The Labute approximate surface area is 147 Å². The Morgan fingerprint density at radius 1 is 1.04 bits per heavy atom. The van der Waals surface area contributed by atoms with E-state index < -0.39 is 0 Å². The van der Waals surface area contributed by atoms with Crippen LogP contribution in [0.25, 0.3) is 0 Å². The van der Waals surface area contributed by atoms with Gasteiger partial charge < -0.3 is 14.8 Å². The van der Waals surface area contributed by atoms with E-state index in [4.69, 9.17) is 9.47 Å². The Hall–Kier alpha value is -2.82. The van der Waals surface area contributed by atoms with Gasteiger partial charge >= 0.3 is 0 Å². The highest BCUT2D eigenvalue weighted by atomic mass is 16.6. The van der Waals surface area contributed by atoms with Crippen molar-refractivity contribution in [2.75, 3.05) is 18.5 Å². The molecule has 0 atom stereocenters. The molecule has 0 unspecified atom stereocenters. The molecule has 2 aromatic carbocycles. The van der Waals surface area contributed by atoms with Gasteiger partial charge in [0.05, 0.1) is 5.69 Å². The van der Waals surface area contributed by atoms with Crippen LogP contribution in [0.1, 0.15) is 46.0 Å². The fraction of sp³-hybridized carbons (Fsp3) is 0.300. The topological polar surface area (TPSA) is 64.6 Å². The number of benzene rings is 2. The third-order valence-electron chi connectivity index (χ3n) is 4.02. The van der Waals surface area contributed by atoms with Crippen LogP contribution in [0.3, 0.4) is 0 Å². The average molecular weight is 339 g/mol. The first-order chi connectivity index (χ1) is 12.1. The first-order valence-electron chi connectivity index (χ1n) is 8.43. The van der Waals surface area contributed by atoms with E-state index in [1.165, 1.54) is 0 Å². The highest BCUT2D eigenvalue weighted by Crippen LogP contribution is 2.36. The number of amides is 1. The molecular formula is C20H21NO4. The molecule has 5 nitrogen and oxygen atoms in total. The van der Waals surface area contributed by atoms with Gasteiger partial charge in [-0.2, -0.15) is 0 Å². The van der Waals surface area contributed by atoms with Crippen molar-refractivity contribution in [2.24, 2.45) is 0 Å². The van der Waals surface area contributed by atoms with Gasteiger partial charge in [0.2, 0.25) is 0 Å². The molecule has 1 aliphatic rings. The van der Waals surface area contributed by atoms with Crippen LogP contribution in [0.15, 0.2) is 36.4 Å². The van der Waals surface area contributed by atoms with Gasteiger partial charge in [-0.3, -0.25) is 9.59 Å². The first kappa shape index (κ1) is 17.0. The molecule has 5 heteroatoms. The Bertz CT molecular complexity index is 796. The number of anilines is 1. The van der Waals surface area contributed by atoms with Gasteiger partial charge in [0, 0.05) is 23.6 Å². The summed E-state index contributed by atoms with van der Waals surface area (Å²) in [6.45, 7) is 4.80. The quantitative estimate of drug-likeness (QED) is 0.836. The number of carbonyl (C=O) groups is 2. The molecule has 0 saturated carbocycles. The number of Topliss-reactive ketones (excluding diaryl/α,β-unsaturated/α-hetero) is 1. The van der Waals surface area contributed by atoms with Crippen LogP contribution >= 0.6 is 0 Å². The summed E-state index contributed by atoms with van der Waals surface area (Å²) >= 11 is 0. The van der Waals surface area contributed by atoms with E-state index >= 15 is 0 Å². The summed E-state index contributed by atoms with van der Waals surface area (Å²) in [4.78, 5) is 25.0. The van der Waals surface area contributed by atoms with Crippen molar-refractivity contribution in [2.45, 2.75) is 26.7 Å². The minimum atomic E-state index is -0.262. The highest BCUT2D eigenvalue weighted by molar-refractivity contribution is 6.10. The summed E-state index contributed by atoms with van der Waals surface area (Å²) in [6.07, 6.45) is 1.14. The van der Waals surface area contributed by atoms with E-state index in [2.05, 4.69) is 5.32 Å². The fourth-order valence-electron chi connectivity index (χ4n) is 2.68. The number of hydrogen-bond acceptors (Lipinski definition) is 4. The predicted octanol–water partition coefficient (Wildman–Crippen LogP) is 4.00. The molecule has 0 aromatic heterocycles. The van der Waals surface area contributed by atoms with E-state index in [0.717, 1.165) is 12.0 Å². The monoisotopic (exact) mass is 339 g/mol. The summed E-state index contributed by atoms with van der Waals surface area (Å²) in [5.74, 6) is 0.790. The molecule has 25 heavy (non-hydrogen) atoms. The van der Waals surface area contributed by atoms with Crippen molar-refractivity contribution in [3.8, 4) is 11.5 Å². The Balaban J connectivity index is 1.93. The van der Waals surface area contributed by atoms with Crippen molar-refractivity contribution in [3.63, 3.8) is 0 Å².